The van der Waals surface area contributed by atoms with Crippen molar-refractivity contribution < 1.29 is 35.8 Å². The first-order chi connectivity index (χ1) is 5.44. The molecular formula is C4H3F6NO2. The van der Waals surface area contributed by atoms with Gasteiger partial charge in [-0.3, -0.25) is 0 Å². The van der Waals surface area contributed by atoms with Gasteiger partial charge in [0, 0.05) is 0 Å². The minimum Gasteiger partial charge on any atom is -0.612 e. The Bertz CT molecular complexity index is 204. The van der Waals surface area contributed by atoms with Gasteiger partial charge in [0.1, 0.15) is 0 Å². The van der Waals surface area contributed by atoms with E-state index < -0.39 is 23.2 Å². The van der Waals surface area contributed by atoms with E-state index in [1.165, 1.54) is 0 Å². The van der Waals surface area contributed by atoms with Gasteiger partial charge in [-0.25, -0.2) is 4.79 Å². The molecule has 1 amide bonds. The van der Waals surface area contributed by atoms with Gasteiger partial charge in [0.2, 0.25) is 0 Å². The van der Waals surface area contributed by atoms with E-state index in [2.05, 4.69) is 0 Å². The van der Waals surface area contributed by atoms with Gasteiger partial charge in [-0.2, -0.15) is 0 Å². The number of halogens is 6. The summed E-state index contributed by atoms with van der Waals surface area (Å²) in [6.07, 6.45) is -12.5. The van der Waals surface area contributed by atoms with E-state index in [0.29, 0.717) is 0 Å². The minimum absolute atomic E-state index is 0.0754. The monoisotopic (exact) mass is 211 g/mol. The van der Waals surface area contributed by atoms with Gasteiger partial charge in [0.05, 0.1) is 6.92 Å². The lowest BCUT2D eigenvalue weighted by molar-refractivity contribution is -1.01. The third-order valence-electron chi connectivity index (χ3n) is 1.16. The lowest BCUT2D eigenvalue weighted by Gasteiger charge is -2.38. The maximum atomic E-state index is 11.6. The van der Waals surface area contributed by atoms with Crippen LogP contribution in [-0.4, -0.2) is 23.2 Å². The van der Waals surface area contributed by atoms with Gasteiger partial charge in [0.15, 0.2) is 0 Å². The van der Waals surface area contributed by atoms with Crippen LogP contribution in [0.25, 0.3) is 0 Å². The molecule has 0 bridgehead atoms. The molecule has 0 unspecified atom stereocenters. The van der Waals surface area contributed by atoms with Gasteiger partial charge in [-0.1, -0.05) is 0 Å². The van der Waals surface area contributed by atoms with Crippen LogP contribution < -0.4 is 0 Å². The van der Waals surface area contributed by atoms with E-state index in [0.717, 1.165) is 0 Å². The summed E-state index contributed by atoms with van der Waals surface area (Å²) >= 11 is 0. The zero-order valence-corrected chi connectivity index (χ0v) is 6.03. The third-order valence-corrected chi connectivity index (χ3v) is 1.16. The fraction of sp³-hybridized carbons (Fsp3) is 0.750. The quantitative estimate of drug-likeness (QED) is 0.265. The molecule has 0 fully saturated rings. The Balaban J connectivity index is 5.35. The summed E-state index contributed by atoms with van der Waals surface area (Å²) in [5.41, 5.74) is 0. The zero-order chi connectivity index (χ0) is 11.1. The van der Waals surface area contributed by atoms with Crippen molar-refractivity contribution in [2.75, 3.05) is 0 Å². The molecule has 0 aromatic rings. The van der Waals surface area contributed by atoms with Crippen molar-refractivity contribution in [3.63, 3.8) is 0 Å². The summed E-state index contributed by atoms with van der Waals surface area (Å²) in [5, 5.41) is 10.2. The summed E-state index contributed by atoms with van der Waals surface area (Å²) in [5.74, 6) is -2.58. The molecule has 9 heteroatoms. The maximum absolute atomic E-state index is 11.6. The average Bonchev–Trinajstić information content (AvgIpc) is 1.80. The lowest BCUT2D eigenvalue weighted by atomic mass is 10.6. The van der Waals surface area contributed by atoms with Crippen LogP contribution in [0.2, 0.25) is 0 Å². The van der Waals surface area contributed by atoms with Crippen LogP contribution in [0, 0.1) is 5.21 Å². The second kappa shape index (κ2) is 2.84. The van der Waals surface area contributed by atoms with Crippen molar-refractivity contribution in [1.29, 1.82) is 0 Å². The largest absolute Gasteiger partial charge is 0.612 e. The standard InChI is InChI=1S/C4H3F6NO2/c1-2(12)11(13,3(5,6)7)4(8,9)10/h1H3. The maximum Gasteiger partial charge on any atom is 0.575 e. The van der Waals surface area contributed by atoms with Crippen molar-refractivity contribution >= 4 is 5.91 Å². The number of quaternary nitrogens is 1. The number of amides is 1. The van der Waals surface area contributed by atoms with Gasteiger partial charge < -0.3 is 5.21 Å². The summed E-state index contributed by atoms with van der Waals surface area (Å²) in [7, 11) is 0. The van der Waals surface area contributed by atoms with Crippen LogP contribution in [0.4, 0.5) is 26.3 Å². The lowest BCUT2D eigenvalue weighted by Crippen LogP contribution is -2.64. The highest BCUT2D eigenvalue weighted by Crippen LogP contribution is 2.41. The van der Waals surface area contributed by atoms with Crippen LogP contribution in [0.15, 0.2) is 0 Å². The number of hydroxylamine groups is 3. The number of alkyl halides is 6. The molecule has 0 aliphatic rings. The summed E-state index contributed by atoms with van der Waals surface area (Å²) in [4.78, 5) is 9.98. The second-order valence-electron chi connectivity index (χ2n) is 2.06. The molecule has 3 nitrogen and oxygen atoms in total. The SMILES string of the molecule is CC(=O)[N+]([O-])(C(F)(F)F)C(F)(F)F. The van der Waals surface area contributed by atoms with Gasteiger partial charge in [0.25, 0.3) is 0 Å². The Labute approximate surface area is 67.7 Å². The van der Waals surface area contributed by atoms with Crippen LogP contribution >= 0.6 is 0 Å². The summed E-state index contributed by atoms with van der Waals surface area (Å²) in [6.45, 7) is -0.0754. The van der Waals surface area contributed by atoms with Crippen molar-refractivity contribution in [3.05, 3.63) is 5.21 Å². The molecule has 78 valence electrons. The van der Waals surface area contributed by atoms with Gasteiger partial charge in [-0.15, -0.1) is 31.0 Å². The third kappa shape index (κ3) is 1.75. The number of rotatable bonds is 0. The summed E-state index contributed by atoms with van der Waals surface area (Å²) in [6, 6.07) is 0. The molecule has 0 N–H and O–H groups in total. The first kappa shape index (κ1) is 12.2. The molecule has 0 saturated carbocycles. The molecule has 0 aromatic carbocycles. The highest BCUT2D eigenvalue weighted by molar-refractivity contribution is 5.66. The summed E-state index contributed by atoms with van der Waals surface area (Å²) < 4.78 is 64.6. The number of nitrogens with zero attached hydrogens (tertiary/aromatic N) is 1. The molecule has 0 aromatic heterocycles. The predicted molar refractivity (Wildman–Crippen MR) is 26.4 cm³/mol. The molecular weight excluding hydrogens is 208 g/mol. The Kier molecular flexibility index (Phi) is 2.66. The van der Waals surface area contributed by atoms with Crippen LogP contribution in [0.3, 0.4) is 0 Å². The van der Waals surface area contributed by atoms with E-state index >= 15 is 0 Å². The van der Waals surface area contributed by atoms with Crippen molar-refractivity contribution in [1.82, 2.24) is 0 Å². The smallest absolute Gasteiger partial charge is 0.575 e. The number of carbonyl (C=O) groups is 1. The normalized spacial score (nSPS) is 14.5. The first-order valence-corrected chi connectivity index (χ1v) is 2.69. The molecule has 0 aliphatic carbocycles. The molecule has 0 aliphatic heterocycles. The molecule has 13 heavy (non-hydrogen) atoms. The van der Waals surface area contributed by atoms with Crippen LogP contribution in [0.5, 0.6) is 0 Å². The Morgan fingerprint density at radius 2 is 1.31 bits per heavy atom. The molecule has 0 rings (SSSR count). The Morgan fingerprint density at radius 3 is 1.31 bits per heavy atom. The minimum atomic E-state index is -6.23. The van der Waals surface area contributed by atoms with E-state index in [1.54, 1.807) is 0 Å². The molecule has 0 atom stereocenters. The van der Waals surface area contributed by atoms with E-state index in [9.17, 15) is 36.3 Å². The van der Waals surface area contributed by atoms with E-state index in [-0.39, 0.29) is 6.92 Å². The fourth-order valence-corrected chi connectivity index (χ4v) is 0.501. The Morgan fingerprint density at radius 1 is 1.08 bits per heavy atom. The van der Waals surface area contributed by atoms with E-state index in [1.807, 2.05) is 0 Å². The van der Waals surface area contributed by atoms with Crippen molar-refractivity contribution in [2.24, 2.45) is 0 Å². The van der Waals surface area contributed by atoms with E-state index in [4.69, 9.17) is 0 Å². The highest BCUT2D eigenvalue weighted by Gasteiger charge is 2.69. The van der Waals surface area contributed by atoms with Crippen molar-refractivity contribution in [2.45, 2.75) is 19.5 Å². The topological polar surface area (TPSA) is 40.1 Å². The molecule has 0 heterocycles. The fourth-order valence-electron chi connectivity index (χ4n) is 0.501. The first-order valence-electron chi connectivity index (χ1n) is 2.69. The molecule has 0 radical (unpaired) electrons. The Hall–Kier alpha value is -0.830. The molecule has 0 saturated heterocycles. The van der Waals surface area contributed by atoms with Gasteiger partial charge >= 0.3 is 18.5 Å². The number of hydrogen-bond acceptors (Lipinski definition) is 2. The highest BCUT2D eigenvalue weighted by atomic mass is 19.4. The number of hydrogen-bond donors (Lipinski definition) is 0. The van der Waals surface area contributed by atoms with Crippen LogP contribution in [0.1, 0.15) is 6.92 Å². The predicted octanol–water partition coefficient (Wildman–Crippen LogP) is 1.89. The van der Waals surface area contributed by atoms with Gasteiger partial charge in [-0.05, 0) is 0 Å². The van der Waals surface area contributed by atoms with Crippen molar-refractivity contribution in [3.8, 4) is 0 Å². The average molecular weight is 211 g/mol. The second-order valence-corrected chi connectivity index (χ2v) is 2.06. The van der Waals surface area contributed by atoms with Crippen LogP contribution in [-0.2, 0) is 4.79 Å². The number of carbonyl (C=O) groups excluding carboxylic acids is 1. The zero-order valence-electron chi connectivity index (χ0n) is 6.03. The molecule has 0 spiro atoms.